The maximum atomic E-state index is 11.9. The number of amides is 1. The molecule has 3 aromatic rings. The number of para-hydroxylation sites is 2. The van der Waals surface area contributed by atoms with Crippen LogP contribution in [0.1, 0.15) is 5.82 Å². The van der Waals surface area contributed by atoms with Crippen LogP contribution in [0.4, 0.5) is 5.13 Å². The number of thioether (sulfide) groups is 1. The molecule has 9 nitrogen and oxygen atoms in total. The van der Waals surface area contributed by atoms with Gasteiger partial charge in [0, 0.05) is 7.05 Å². The van der Waals surface area contributed by atoms with Crippen LogP contribution in [0.15, 0.2) is 34.9 Å². The number of carbonyl (C=O) groups is 1. The Hall–Kier alpha value is -2.66. The molecule has 0 aliphatic heterocycles. The number of ether oxygens (including phenoxy) is 2. The van der Waals surface area contributed by atoms with Crippen LogP contribution in [-0.2, 0) is 18.4 Å². The number of nitrogens with one attached hydrogen (secondary N) is 1. The monoisotopic (exact) mass is 392 g/mol. The summed E-state index contributed by atoms with van der Waals surface area (Å²) in [6.45, 7) is 0.238. The topological polar surface area (TPSA) is 104 Å². The average molecular weight is 392 g/mol. The van der Waals surface area contributed by atoms with Crippen LogP contribution in [0.25, 0.3) is 0 Å². The third-order valence-corrected chi connectivity index (χ3v) is 4.92. The van der Waals surface area contributed by atoms with Crippen LogP contribution in [0.2, 0.25) is 0 Å². The summed E-state index contributed by atoms with van der Waals surface area (Å²) in [6, 6.07) is 7.38. The first-order valence-corrected chi connectivity index (χ1v) is 9.37. The highest BCUT2D eigenvalue weighted by Crippen LogP contribution is 2.26. The highest BCUT2D eigenvalue weighted by Gasteiger charge is 2.13. The summed E-state index contributed by atoms with van der Waals surface area (Å²) in [5.41, 5.74) is 1.55. The van der Waals surface area contributed by atoms with Gasteiger partial charge in [0.25, 0.3) is 0 Å². The molecule has 11 heteroatoms. The van der Waals surface area contributed by atoms with Crippen molar-refractivity contribution in [2.75, 3.05) is 18.2 Å². The predicted octanol–water partition coefficient (Wildman–Crippen LogP) is 1.98. The molecule has 0 spiro atoms. The number of anilines is 1. The van der Waals surface area contributed by atoms with E-state index in [1.54, 1.807) is 17.2 Å². The molecule has 0 aliphatic carbocycles. The van der Waals surface area contributed by atoms with E-state index in [9.17, 15) is 4.79 Å². The Morgan fingerprint density at radius 2 is 2.08 bits per heavy atom. The molecule has 26 heavy (non-hydrogen) atoms. The molecule has 1 aromatic carbocycles. The van der Waals surface area contributed by atoms with Crippen LogP contribution < -0.4 is 14.8 Å². The summed E-state index contributed by atoms with van der Waals surface area (Å²) < 4.78 is 12.8. The van der Waals surface area contributed by atoms with Crippen molar-refractivity contribution in [2.24, 2.45) is 7.05 Å². The molecule has 1 amide bonds. The van der Waals surface area contributed by atoms with Crippen molar-refractivity contribution in [3.63, 3.8) is 0 Å². The predicted molar refractivity (Wildman–Crippen MR) is 97.6 cm³/mol. The van der Waals surface area contributed by atoms with Crippen molar-refractivity contribution in [2.45, 2.75) is 11.8 Å². The summed E-state index contributed by atoms with van der Waals surface area (Å²) in [5, 5.41) is 19.4. The van der Waals surface area contributed by atoms with Crippen LogP contribution in [0, 0.1) is 0 Å². The smallest absolute Gasteiger partial charge is 0.236 e. The second kappa shape index (κ2) is 8.63. The first kappa shape index (κ1) is 18.1. The number of benzene rings is 1. The van der Waals surface area contributed by atoms with Gasteiger partial charge < -0.3 is 14.0 Å². The van der Waals surface area contributed by atoms with Gasteiger partial charge in [0.15, 0.2) is 22.5 Å². The Kier molecular flexibility index (Phi) is 6.02. The zero-order valence-corrected chi connectivity index (χ0v) is 15.7. The van der Waals surface area contributed by atoms with E-state index in [4.69, 9.17) is 9.47 Å². The molecule has 136 valence electrons. The second-order valence-corrected chi connectivity index (χ2v) is 6.75. The Morgan fingerprint density at radius 3 is 2.81 bits per heavy atom. The van der Waals surface area contributed by atoms with Gasteiger partial charge in [0.05, 0.1) is 12.9 Å². The van der Waals surface area contributed by atoms with Crippen molar-refractivity contribution in [3.8, 4) is 11.5 Å². The first-order valence-electron chi connectivity index (χ1n) is 7.50. The van der Waals surface area contributed by atoms with Crippen LogP contribution in [0.3, 0.4) is 0 Å². The first-order chi connectivity index (χ1) is 12.7. The maximum absolute atomic E-state index is 11.9. The molecule has 0 aliphatic rings. The van der Waals surface area contributed by atoms with E-state index in [2.05, 4.69) is 25.7 Å². The van der Waals surface area contributed by atoms with E-state index >= 15 is 0 Å². The van der Waals surface area contributed by atoms with Gasteiger partial charge >= 0.3 is 0 Å². The highest BCUT2D eigenvalue weighted by molar-refractivity contribution is 7.99. The SMILES string of the molecule is COc1ccccc1OCc1nnc(SCC(=O)Nc2nncs2)n1C. The van der Waals surface area contributed by atoms with E-state index < -0.39 is 0 Å². The van der Waals surface area contributed by atoms with Gasteiger partial charge in [-0.3, -0.25) is 10.1 Å². The summed E-state index contributed by atoms with van der Waals surface area (Å²) in [6.07, 6.45) is 0. The van der Waals surface area contributed by atoms with Gasteiger partial charge in [-0.1, -0.05) is 35.2 Å². The second-order valence-electron chi connectivity index (χ2n) is 4.98. The Morgan fingerprint density at radius 1 is 1.27 bits per heavy atom. The minimum absolute atomic E-state index is 0.179. The van der Waals surface area contributed by atoms with E-state index in [-0.39, 0.29) is 18.3 Å². The Bertz CT molecular complexity index is 868. The Labute approximate surface area is 157 Å². The largest absolute Gasteiger partial charge is 0.493 e. The zero-order chi connectivity index (χ0) is 18.4. The van der Waals surface area contributed by atoms with Crippen molar-refractivity contribution >= 4 is 34.1 Å². The minimum Gasteiger partial charge on any atom is -0.493 e. The molecule has 0 radical (unpaired) electrons. The number of rotatable bonds is 8. The third-order valence-electron chi connectivity index (χ3n) is 3.29. The summed E-state index contributed by atoms with van der Waals surface area (Å²) in [7, 11) is 3.41. The van der Waals surface area contributed by atoms with Crippen molar-refractivity contribution < 1.29 is 14.3 Å². The molecular formula is C15H16N6O3S2. The molecule has 3 rings (SSSR count). The maximum Gasteiger partial charge on any atom is 0.236 e. The molecule has 0 saturated carbocycles. The summed E-state index contributed by atoms with van der Waals surface area (Å²) >= 11 is 2.54. The molecule has 0 atom stereocenters. The fourth-order valence-electron chi connectivity index (χ4n) is 1.99. The lowest BCUT2D eigenvalue weighted by molar-refractivity contribution is -0.113. The molecule has 0 fully saturated rings. The van der Waals surface area contributed by atoms with Gasteiger partial charge in [-0.05, 0) is 12.1 Å². The number of nitrogens with zero attached hydrogens (tertiary/aromatic N) is 5. The van der Waals surface area contributed by atoms with Gasteiger partial charge in [-0.15, -0.1) is 20.4 Å². The van der Waals surface area contributed by atoms with Crippen molar-refractivity contribution in [1.29, 1.82) is 0 Å². The van der Waals surface area contributed by atoms with E-state index in [0.29, 0.717) is 27.6 Å². The average Bonchev–Trinajstić information content (AvgIpc) is 3.28. The molecule has 0 saturated heterocycles. The standard InChI is InChI=1S/C15H16N6O3S2/c1-21-12(7-24-11-6-4-3-5-10(11)23-2)18-20-15(21)25-8-13(22)17-14-19-16-9-26-14/h3-6,9H,7-8H2,1-2H3,(H,17,19,22). The van der Waals surface area contributed by atoms with Crippen LogP contribution in [0.5, 0.6) is 11.5 Å². The lowest BCUT2D eigenvalue weighted by Gasteiger charge is -2.10. The number of methoxy groups -OCH3 is 1. The number of aromatic nitrogens is 5. The van der Waals surface area contributed by atoms with Crippen molar-refractivity contribution in [3.05, 3.63) is 35.6 Å². The van der Waals surface area contributed by atoms with E-state index in [1.165, 1.54) is 23.1 Å². The number of carbonyl (C=O) groups excluding carboxylic acids is 1. The van der Waals surface area contributed by atoms with Gasteiger partial charge in [0.1, 0.15) is 12.1 Å². The lowest BCUT2D eigenvalue weighted by atomic mass is 10.3. The molecule has 1 N–H and O–H groups in total. The third kappa shape index (κ3) is 4.49. The molecule has 2 heterocycles. The zero-order valence-electron chi connectivity index (χ0n) is 14.1. The van der Waals surface area contributed by atoms with Gasteiger partial charge in [-0.2, -0.15) is 0 Å². The molecule has 2 aromatic heterocycles. The van der Waals surface area contributed by atoms with E-state index in [0.717, 1.165) is 0 Å². The van der Waals surface area contributed by atoms with E-state index in [1.807, 2.05) is 31.3 Å². The molecule has 0 unspecified atom stereocenters. The fourth-order valence-corrected chi connectivity index (χ4v) is 3.18. The van der Waals surface area contributed by atoms with Crippen LogP contribution in [-0.4, -0.2) is 43.7 Å². The van der Waals surface area contributed by atoms with Crippen LogP contribution >= 0.6 is 23.1 Å². The van der Waals surface area contributed by atoms with Crippen molar-refractivity contribution in [1.82, 2.24) is 25.0 Å². The highest BCUT2D eigenvalue weighted by atomic mass is 32.2. The summed E-state index contributed by atoms with van der Waals surface area (Å²) in [5.74, 6) is 1.93. The number of hydrogen-bond donors (Lipinski definition) is 1. The van der Waals surface area contributed by atoms with Gasteiger partial charge in [0.2, 0.25) is 11.0 Å². The quantitative estimate of drug-likeness (QED) is 0.581. The fraction of sp³-hybridized carbons (Fsp3) is 0.267. The number of hydrogen-bond acceptors (Lipinski definition) is 9. The van der Waals surface area contributed by atoms with Gasteiger partial charge in [-0.25, -0.2) is 0 Å². The lowest BCUT2D eigenvalue weighted by Crippen LogP contribution is -2.14. The Balaban J connectivity index is 1.55. The summed E-state index contributed by atoms with van der Waals surface area (Å²) in [4.78, 5) is 11.9. The molecular weight excluding hydrogens is 376 g/mol. The molecule has 0 bridgehead atoms. The normalized spacial score (nSPS) is 10.5. The minimum atomic E-state index is -0.179.